The molecule has 0 spiro atoms. The molecule has 136 valence electrons. The van der Waals surface area contributed by atoms with Gasteiger partial charge in [0.25, 0.3) is 0 Å². The Bertz CT molecular complexity index is 788. The third-order valence-electron chi connectivity index (χ3n) is 5.29. The van der Waals surface area contributed by atoms with Gasteiger partial charge in [-0.05, 0) is 42.2 Å². The van der Waals surface area contributed by atoms with Gasteiger partial charge in [0.2, 0.25) is 5.92 Å². The maximum absolute atomic E-state index is 13.3. The molecule has 8 heteroatoms. The summed E-state index contributed by atoms with van der Waals surface area (Å²) in [5.74, 6) is -2.35. The molecule has 1 aliphatic heterocycles. The molecule has 0 atom stereocenters. The van der Waals surface area contributed by atoms with Gasteiger partial charge in [0.05, 0.1) is 6.54 Å². The van der Waals surface area contributed by atoms with Gasteiger partial charge in [0, 0.05) is 37.4 Å². The number of halogens is 2. The fourth-order valence-corrected chi connectivity index (χ4v) is 4.66. The minimum absolute atomic E-state index is 0.0836. The van der Waals surface area contributed by atoms with E-state index in [4.69, 9.17) is 4.52 Å². The summed E-state index contributed by atoms with van der Waals surface area (Å²) in [5, 5.41) is 6.05. The average Bonchev–Trinajstić information content (AvgIpc) is 3.17. The minimum Gasteiger partial charge on any atom is -0.296 e. The summed E-state index contributed by atoms with van der Waals surface area (Å²) < 4.78 is 33.0. The molecule has 0 aromatic carbocycles. The van der Waals surface area contributed by atoms with Gasteiger partial charge >= 0.3 is 5.76 Å². The normalized spacial score (nSPS) is 21.4. The van der Waals surface area contributed by atoms with E-state index in [1.54, 1.807) is 11.3 Å². The third-order valence-corrected chi connectivity index (χ3v) is 6.31. The Hall–Kier alpha value is -1.54. The van der Waals surface area contributed by atoms with E-state index < -0.39 is 11.7 Å². The van der Waals surface area contributed by atoms with E-state index in [9.17, 15) is 13.6 Å². The van der Waals surface area contributed by atoms with Crippen molar-refractivity contribution >= 4 is 11.3 Å². The number of fused-ring (bicyclic) bond motifs is 1. The summed E-state index contributed by atoms with van der Waals surface area (Å²) in [7, 11) is 0. The van der Waals surface area contributed by atoms with Gasteiger partial charge in [-0.3, -0.25) is 14.0 Å². The summed E-state index contributed by atoms with van der Waals surface area (Å²) >= 11 is 1.79. The van der Waals surface area contributed by atoms with Gasteiger partial charge in [-0.2, -0.15) is 0 Å². The van der Waals surface area contributed by atoms with Crippen molar-refractivity contribution in [3.8, 4) is 0 Å². The van der Waals surface area contributed by atoms with Crippen LogP contribution in [0.1, 0.15) is 41.9 Å². The number of hydrogen-bond acceptors (Lipinski definition) is 5. The second-order valence-corrected chi connectivity index (χ2v) is 8.10. The van der Waals surface area contributed by atoms with Gasteiger partial charge in [-0.25, -0.2) is 13.6 Å². The smallest absolute Gasteiger partial charge is 0.296 e. The number of alkyl halides is 2. The number of nitrogens with zero attached hydrogens (tertiary/aromatic N) is 3. The van der Waals surface area contributed by atoms with Crippen molar-refractivity contribution in [2.24, 2.45) is 5.92 Å². The van der Waals surface area contributed by atoms with Crippen LogP contribution in [0.4, 0.5) is 8.78 Å². The Kier molecular flexibility index (Phi) is 4.49. The Morgan fingerprint density at radius 1 is 1.36 bits per heavy atom. The van der Waals surface area contributed by atoms with Gasteiger partial charge in [0.1, 0.15) is 0 Å². The van der Waals surface area contributed by atoms with Gasteiger partial charge in [0.15, 0.2) is 5.82 Å². The van der Waals surface area contributed by atoms with Crippen LogP contribution >= 0.6 is 11.3 Å². The lowest BCUT2D eigenvalue weighted by Gasteiger charge is -2.29. The number of aromatic nitrogens is 2. The van der Waals surface area contributed by atoms with E-state index in [1.807, 2.05) is 0 Å². The lowest BCUT2D eigenvalue weighted by molar-refractivity contribution is -0.0475. The lowest BCUT2D eigenvalue weighted by Crippen LogP contribution is -2.33. The highest BCUT2D eigenvalue weighted by molar-refractivity contribution is 7.10. The highest BCUT2D eigenvalue weighted by atomic mass is 32.1. The fraction of sp³-hybridized carbons (Fsp3) is 0.647. The minimum atomic E-state index is -2.55. The Labute approximate surface area is 148 Å². The van der Waals surface area contributed by atoms with Crippen molar-refractivity contribution in [2.45, 2.75) is 57.7 Å². The average molecular weight is 369 g/mol. The molecule has 0 N–H and O–H groups in total. The zero-order valence-corrected chi connectivity index (χ0v) is 14.7. The first-order valence-corrected chi connectivity index (χ1v) is 9.59. The van der Waals surface area contributed by atoms with Gasteiger partial charge in [-0.1, -0.05) is 5.16 Å². The molecule has 3 heterocycles. The van der Waals surface area contributed by atoms with Crippen molar-refractivity contribution in [2.75, 3.05) is 6.54 Å². The maximum atomic E-state index is 13.3. The van der Waals surface area contributed by atoms with E-state index in [1.165, 1.54) is 15.0 Å². The molecule has 0 saturated heterocycles. The van der Waals surface area contributed by atoms with Crippen LogP contribution in [0.3, 0.4) is 0 Å². The molecule has 1 fully saturated rings. The summed E-state index contributed by atoms with van der Waals surface area (Å²) in [6.45, 7) is 2.73. The molecule has 4 rings (SSSR count). The molecular formula is C17H21F2N3O2S. The van der Waals surface area contributed by atoms with Crippen LogP contribution in [0.2, 0.25) is 0 Å². The van der Waals surface area contributed by atoms with Gasteiger partial charge < -0.3 is 0 Å². The molecule has 0 radical (unpaired) electrons. The zero-order valence-electron chi connectivity index (χ0n) is 13.9. The largest absolute Gasteiger partial charge is 0.441 e. The van der Waals surface area contributed by atoms with E-state index in [0.29, 0.717) is 31.8 Å². The fourth-order valence-electron chi connectivity index (χ4n) is 3.77. The molecule has 2 aromatic heterocycles. The number of hydrogen-bond donors (Lipinski definition) is 0. The summed E-state index contributed by atoms with van der Waals surface area (Å²) in [6, 6.07) is 2.14. The van der Waals surface area contributed by atoms with E-state index in [0.717, 1.165) is 19.5 Å². The van der Waals surface area contributed by atoms with Crippen LogP contribution in [0.15, 0.2) is 20.8 Å². The molecule has 0 amide bonds. The van der Waals surface area contributed by atoms with Crippen LogP contribution < -0.4 is 5.76 Å². The van der Waals surface area contributed by atoms with Crippen LogP contribution in [-0.4, -0.2) is 27.1 Å². The third kappa shape index (κ3) is 3.69. The Balaban J connectivity index is 1.43. The second-order valence-electron chi connectivity index (χ2n) is 7.10. The van der Waals surface area contributed by atoms with Crippen molar-refractivity contribution in [1.29, 1.82) is 0 Å². The lowest BCUT2D eigenvalue weighted by atomic mass is 9.87. The first-order valence-electron chi connectivity index (χ1n) is 8.71. The number of rotatable bonds is 4. The molecular weight excluding hydrogens is 348 g/mol. The van der Waals surface area contributed by atoms with Gasteiger partial charge in [-0.15, -0.1) is 11.3 Å². The number of thiophene rings is 1. The quantitative estimate of drug-likeness (QED) is 0.830. The first-order chi connectivity index (χ1) is 12.0. The van der Waals surface area contributed by atoms with Crippen LogP contribution in [0.5, 0.6) is 0 Å². The van der Waals surface area contributed by atoms with Crippen molar-refractivity contribution in [3.63, 3.8) is 0 Å². The van der Waals surface area contributed by atoms with Crippen LogP contribution in [0.25, 0.3) is 0 Å². The predicted molar refractivity (Wildman–Crippen MR) is 89.8 cm³/mol. The molecule has 0 unspecified atom stereocenters. The highest BCUT2D eigenvalue weighted by Crippen LogP contribution is 2.36. The Morgan fingerprint density at radius 3 is 2.96 bits per heavy atom. The standard InChI is InChI=1S/C17H21F2N3O2S/c18-17(19)5-1-12(2-6-17)9-22-15(20-24-16(22)23)11-21-7-3-14-13(10-21)4-8-25-14/h4,8,12H,1-3,5-7,9-11H2. The van der Waals surface area contributed by atoms with E-state index in [2.05, 4.69) is 21.5 Å². The monoisotopic (exact) mass is 369 g/mol. The summed E-state index contributed by atoms with van der Waals surface area (Å²) in [4.78, 5) is 15.7. The van der Waals surface area contributed by atoms with Crippen LogP contribution in [-0.2, 0) is 26.1 Å². The zero-order chi connectivity index (χ0) is 17.4. The first kappa shape index (κ1) is 16.9. The SMILES string of the molecule is O=c1onc(CN2CCc3sccc3C2)n1CC1CCC(F)(F)CC1. The molecule has 25 heavy (non-hydrogen) atoms. The molecule has 2 aromatic rings. The summed E-state index contributed by atoms with van der Waals surface area (Å²) in [6.07, 6.45) is 1.69. The molecule has 1 saturated carbocycles. The topological polar surface area (TPSA) is 51.3 Å². The molecule has 5 nitrogen and oxygen atoms in total. The molecule has 0 bridgehead atoms. The van der Waals surface area contributed by atoms with Crippen molar-refractivity contribution < 1.29 is 13.3 Å². The van der Waals surface area contributed by atoms with Crippen LogP contribution in [0, 0.1) is 5.92 Å². The van der Waals surface area contributed by atoms with Crippen molar-refractivity contribution in [3.05, 3.63) is 38.3 Å². The van der Waals surface area contributed by atoms with E-state index >= 15 is 0 Å². The Morgan fingerprint density at radius 2 is 2.16 bits per heavy atom. The summed E-state index contributed by atoms with van der Waals surface area (Å²) in [5.41, 5.74) is 1.34. The predicted octanol–water partition coefficient (Wildman–Crippen LogP) is 3.28. The van der Waals surface area contributed by atoms with E-state index in [-0.39, 0.29) is 18.8 Å². The molecule has 1 aliphatic carbocycles. The molecule has 2 aliphatic rings. The maximum Gasteiger partial charge on any atom is 0.441 e. The second kappa shape index (κ2) is 6.64. The highest BCUT2D eigenvalue weighted by Gasteiger charge is 2.35. The van der Waals surface area contributed by atoms with Crippen molar-refractivity contribution in [1.82, 2.24) is 14.6 Å².